The fraction of sp³-hybridized carbons (Fsp3) is 0.312. The number of carbonyl (C=O) groups excluding carboxylic acids is 1. The molecule has 0 aliphatic carbocycles. The van der Waals surface area contributed by atoms with Crippen molar-refractivity contribution in [1.82, 2.24) is 9.97 Å². The van der Waals surface area contributed by atoms with Gasteiger partial charge < -0.3 is 5.11 Å². The van der Waals surface area contributed by atoms with Crippen molar-refractivity contribution in [2.24, 2.45) is 5.41 Å². The van der Waals surface area contributed by atoms with Gasteiger partial charge in [0.25, 0.3) is 0 Å². The Morgan fingerprint density at radius 3 is 2.45 bits per heavy atom. The Kier molecular flexibility index (Phi) is 3.57. The lowest BCUT2D eigenvalue weighted by molar-refractivity contribution is 0.102. The molecule has 0 atom stereocenters. The molecule has 1 aromatic heterocycles. The first-order valence-corrected chi connectivity index (χ1v) is 6.47. The van der Waals surface area contributed by atoms with E-state index in [-0.39, 0.29) is 11.5 Å². The van der Waals surface area contributed by atoms with Crippen LogP contribution in [0.2, 0.25) is 0 Å². The van der Waals surface area contributed by atoms with E-state index >= 15 is 0 Å². The summed E-state index contributed by atoms with van der Waals surface area (Å²) in [6, 6.07) is 7.34. The highest BCUT2D eigenvalue weighted by Crippen LogP contribution is 2.27. The van der Waals surface area contributed by atoms with Crippen molar-refractivity contribution < 1.29 is 9.90 Å². The van der Waals surface area contributed by atoms with Gasteiger partial charge in [-0.2, -0.15) is 0 Å². The maximum absolute atomic E-state index is 12.5. The standard InChI is InChI=1S/C16H18N2O2/c1-10(15(20)16(2,3)4)14(19)13-11-7-5-6-8-12(11)17-9-18-13/h5-9,20H,1-4H3/b15-10-. The largest absolute Gasteiger partial charge is 0.511 e. The van der Waals surface area contributed by atoms with E-state index in [4.69, 9.17) is 0 Å². The van der Waals surface area contributed by atoms with Crippen molar-refractivity contribution in [1.29, 1.82) is 0 Å². The second-order valence-electron chi connectivity index (χ2n) is 5.79. The molecule has 2 rings (SSSR count). The summed E-state index contributed by atoms with van der Waals surface area (Å²) in [7, 11) is 0. The fourth-order valence-corrected chi connectivity index (χ4v) is 2.03. The quantitative estimate of drug-likeness (QED) is 0.513. The molecule has 104 valence electrons. The molecular weight excluding hydrogens is 252 g/mol. The van der Waals surface area contributed by atoms with Crippen LogP contribution in [0.3, 0.4) is 0 Å². The molecule has 1 N–H and O–H groups in total. The summed E-state index contributed by atoms with van der Waals surface area (Å²) in [5.74, 6) is -0.179. The Bertz CT molecular complexity index is 692. The summed E-state index contributed by atoms with van der Waals surface area (Å²) in [4.78, 5) is 20.8. The van der Waals surface area contributed by atoms with Crippen LogP contribution in [-0.4, -0.2) is 20.9 Å². The summed E-state index contributed by atoms with van der Waals surface area (Å²) in [5.41, 5.74) is 0.891. The first-order valence-electron chi connectivity index (χ1n) is 6.47. The van der Waals surface area contributed by atoms with E-state index in [1.54, 1.807) is 6.92 Å². The highest BCUT2D eigenvalue weighted by molar-refractivity contribution is 6.14. The number of Topliss-reactive ketones (excluding diaryl/α,β-unsaturated/α-hetero) is 1. The Labute approximate surface area is 118 Å². The molecule has 0 spiro atoms. The van der Waals surface area contributed by atoms with E-state index in [1.165, 1.54) is 6.33 Å². The van der Waals surface area contributed by atoms with Crippen LogP contribution in [0.25, 0.3) is 10.9 Å². The van der Waals surface area contributed by atoms with Crippen molar-refractivity contribution in [2.75, 3.05) is 0 Å². The predicted molar refractivity (Wildman–Crippen MR) is 78.7 cm³/mol. The number of nitrogens with zero attached hydrogens (tertiary/aromatic N) is 2. The number of aromatic nitrogens is 2. The minimum Gasteiger partial charge on any atom is -0.511 e. The van der Waals surface area contributed by atoms with Crippen LogP contribution in [0.1, 0.15) is 38.2 Å². The average molecular weight is 270 g/mol. The van der Waals surface area contributed by atoms with Crippen LogP contribution in [0, 0.1) is 5.41 Å². The third-order valence-corrected chi connectivity index (χ3v) is 3.16. The van der Waals surface area contributed by atoms with Gasteiger partial charge >= 0.3 is 0 Å². The second-order valence-corrected chi connectivity index (χ2v) is 5.79. The lowest BCUT2D eigenvalue weighted by Crippen LogP contribution is -2.16. The predicted octanol–water partition coefficient (Wildman–Crippen LogP) is 3.69. The van der Waals surface area contributed by atoms with Gasteiger partial charge in [-0.1, -0.05) is 39.0 Å². The minimum atomic E-state index is -0.470. The van der Waals surface area contributed by atoms with Crippen molar-refractivity contribution in [3.05, 3.63) is 47.6 Å². The van der Waals surface area contributed by atoms with Crippen molar-refractivity contribution in [2.45, 2.75) is 27.7 Å². The van der Waals surface area contributed by atoms with E-state index in [2.05, 4.69) is 9.97 Å². The van der Waals surface area contributed by atoms with Crippen LogP contribution in [-0.2, 0) is 0 Å². The Morgan fingerprint density at radius 2 is 1.80 bits per heavy atom. The number of aliphatic hydroxyl groups is 1. The molecule has 0 radical (unpaired) electrons. The molecule has 0 saturated heterocycles. The van der Waals surface area contributed by atoms with Crippen LogP contribution in [0.4, 0.5) is 0 Å². The number of aliphatic hydroxyl groups excluding tert-OH is 1. The summed E-state index contributed by atoms with van der Waals surface area (Å²) < 4.78 is 0. The zero-order valence-electron chi connectivity index (χ0n) is 12.1. The number of hydrogen-bond acceptors (Lipinski definition) is 4. The zero-order valence-corrected chi connectivity index (χ0v) is 12.1. The Balaban J connectivity index is 2.58. The second kappa shape index (κ2) is 5.04. The van der Waals surface area contributed by atoms with E-state index < -0.39 is 5.41 Å². The van der Waals surface area contributed by atoms with Crippen LogP contribution < -0.4 is 0 Å². The smallest absolute Gasteiger partial charge is 0.211 e. The number of fused-ring (bicyclic) bond motifs is 1. The first kappa shape index (κ1) is 14.2. The van der Waals surface area contributed by atoms with E-state index in [0.29, 0.717) is 22.2 Å². The number of allylic oxidation sites excluding steroid dienone is 2. The van der Waals surface area contributed by atoms with Gasteiger partial charge in [-0.15, -0.1) is 0 Å². The molecule has 0 aliphatic rings. The molecule has 1 heterocycles. The van der Waals surface area contributed by atoms with Crippen molar-refractivity contribution >= 4 is 16.7 Å². The Morgan fingerprint density at radius 1 is 1.15 bits per heavy atom. The topological polar surface area (TPSA) is 63.1 Å². The van der Waals surface area contributed by atoms with Gasteiger partial charge in [0, 0.05) is 16.4 Å². The molecule has 0 amide bonds. The lowest BCUT2D eigenvalue weighted by atomic mass is 9.89. The first-order chi connectivity index (χ1) is 9.32. The zero-order chi connectivity index (χ0) is 14.9. The maximum atomic E-state index is 12.5. The molecule has 1 aromatic carbocycles. The fourth-order valence-electron chi connectivity index (χ4n) is 2.03. The number of ketones is 1. The Hall–Kier alpha value is -2.23. The van der Waals surface area contributed by atoms with Gasteiger partial charge in [-0.3, -0.25) is 4.79 Å². The average Bonchev–Trinajstić information content (AvgIpc) is 2.43. The van der Waals surface area contributed by atoms with Gasteiger partial charge in [0.15, 0.2) is 0 Å². The third kappa shape index (κ3) is 2.54. The van der Waals surface area contributed by atoms with E-state index in [1.807, 2.05) is 45.0 Å². The number of carbonyl (C=O) groups is 1. The molecule has 0 aliphatic heterocycles. The number of benzene rings is 1. The van der Waals surface area contributed by atoms with Crippen LogP contribution in [0.15, 0.2) is 41.9 Å². The minimum absolute atomic E-state index is 0.0881. The van der Waals surface area contributed by atoms with Crippen LogP contribution >= 0.6 is 0 Å². The van der Waals surface area contributed by atoms with Crippen molar-refractivity contribution in [3.63, 3.8) is 0 Å². The maximum Gasteiger partial charge on any atom is 0.211 e. The van der Waals surface area contributed by atoms with E-state index in [0.717, 1.165) is 0 Å². The highest BCUT2D eigenvalue weighted by Gasteiger charge is 2.24. The molecule has 0 bridgehead atoms. The number of rotatable bonds is 2. The molecule has 20 heavy (non-hydrogen) atoms. The summed E-state index contributed by atoms with van der Waals surface area (Å²) in [5, 5.41) is 10.9. The molecular formula is C16H18N2O2. The van der Waals surface area contributed by atoms with Gasteiger partial charge in [-0.05, 0) is 13.0 Å². The normalized spacial score (nSPS) is 13.2. The van der Waals surface area contributed by atoms with Gasteiger partial charge in [0.1, 0.15) is 17.8 Å². The summed E-state index contributed by atoms with van der Waals surface area (Å²) in [6.45, 7) is 7.20. The molecule has 4 heteroatoms. The van der Waals surface area contributed by atoms with Gasteiger partial charge in [0.2, 0.25) is 5.78 Å². The monoisotopic (exact) mass is 270 g/mol. The molecule has 0 unspecified atom stereocenters. The summed E-state index contributed by atoms with van der Waals surface area (Å²) >= 11 is 0. The molecule has 4 nitrogen and oxygen atoms in total. The third-order valence-electron chi connectivity index (χ3n) is 3.16. The van der Waals surface area contributed by atoms with Crippen LogP contribution in [0.5, 0.6) is 0 Å². The number of para-hydroxylation sites is 1. The van der Waals surface area contributed by atoms with Gasteiger partial charge in [-0.25, -0.2) is 9.97 Å². The lowest BCUT2D eigenvalue weighted by Gasteiger charge is -2.19. The summed E-state index contributed by atoms with van der Waals surface area (Å²) in [6.07, 6.45) is 1.37. The molecule has 0 fully saturated rings. The molecule has 0 saturated carbocycles. The SMILES string of the molecule is C/C(C(=O)c1ncnc2ccccc12)=C(/O)C(C)(C)C. The number of hydrogen-bond donors (Lipinski definition) is 1. The highest BCUT2D eigenvalue weighted by atomic mass is 16.3. The molecule has 2 aromatic rings. The van der Waals surface area contributed by atoms with Gasteiger partial charge in [0.05, 0.1) is 5.52 Å². The van der Waals surface area contributed by atoms with Crippen molar-refractivity contribution in [3.8, 4) is 0 Å². The van der Waals surface area contributed by atoms with E-state index in [9.17, 15) is 9.90 Å².